The molecule has 6 heteroatoms. The Balaban J connectivity index is 1.96. The van der Waals surface area contributed by atoms with Gasteiger partial charge in [-0.05, 0) is 24.7 Å². The lowest BCUT2D eigenvalue weighted by Crippen LogP contribution is -2.43. The van der Waals surface area contributed by atoms with Crippen LogP contribution in [0.4, 0.5) is 22.0 Å². The fraction of sp³-hybridized carbons (Fsp3) is 0.857. The predicted octanol–water partition coefficient (Wildman–Crippen LogP) is 4.58. The van der Waals surface area contributed by atoms with Crippen molar-refractivity contribution in [3.8, 4) is 0 Å². The number of hydrogen-bond acceptors (Lipinski definition) is 1. The van der Waals surface area contributed by atoms with Gasteiger partial charge < -0.3 is 4.74 Å². The van der Waals surface area contributed by atoms with Gasteiger partial charge in [0.15, 0.2) is 0 Å². The second-order valence-electron chi connectivity index (χ2n) is 5.73. The minimum Gasteiger partial charge on any atom is -0.371 e. The molecule has 0 heterocycles. The molecule has 2 rings (SSSR count). The molecule has 0 amide bonds. The van der Waals surface area contributed by atoms with Gasteiger partial charge in [0.05, 0.1) is 6.10 Å². The normalized spacial score (nSPS) is 33.1. The molecule has 0 aromatic rings. The summed E-state index contributed by atoms with van der Waals surface area (Å²) in [5.74, 6) is -4.43. The molecule has 2 aliphatic rings. The molecule has 1 saturated carbocycles. The first-order valence-electron chi connectivity index (χ1n) is 7.00. The average Bonchev–Trinajstić information content (AvgIpc) is 2.93. The Morgan fingerprint density at radius 2 is 1.75 bits per heavy atom. The molecule has 0 aliphatic heterocycles. The maximum Gasteiger partial charge on any atom is 0.455 e. The molecular weight excluding hydrogens is 279 g/mol. The lowest BCUT2D eigenvalue weighted by Gasteiger charge is -2.30. The maximum atomic E-state index is 12.9. The smallest absolute Gasteiger partial charge is 0.371 e. The van der Waals surface area contributed by atoms with Crippen LogP contribution in [-0.2, 0) is 4.74 Å². The van der Waals surface area contributed by atoms with Crippen molar-refractivity contribution >= 4 is 0 Å². The summed E-state index contributed by atoms with van der Waals surface area (Å²) in [4.78, 5) is 0. The van der Waals surface area contributed by atoms with E-state index < -0.39 is 24.8 Å². The van der Waals surface area contributed by atoms with Gasteiger partial charge in [-0.3, -0.25) is 0 Å². The second-order valence-corrected chi connectivity index (χ2v) is 5.73. The van der Waals surface area contributed by atoms with Crippen LogP contribution in [0, 0.1) is 17.8 Å². The molecule has 4 atom stereocenters. The van der Waals surface area contributed by atoms with Gasteiger partial charge in [0.1, 0.15) is 6.61 Å². The molecule has 0 radical (unpaired) electrons. The summed E-state index contributed by atoms with van der Waals surface area (Å²) in [5.41, 5.74) is 0. The third kappa shape index (κ3) is 3.00. The van der Waals surface area contributed by atoms with E-state index in [9.17, 15) is 22.0 Å². The van der Waals surface area contributed by atoms with Crippen LogP contribution in [0.3, 0.4) is 0 Å². The molecule has 116 valence electrons. The van der Waals surface area contributed by atoms with Gasteiger partial charge in [-0.25, -0.2) is 0 Å². The van der Waals surface area contributed by atoms with Crippen molar-refractivity contribution in [3.05, 3.63) is 12.2 Å². The van der Waals surface area contributed by atoms with Gasteiger partial charge in [-0.2, -0.15) is 22.0 Å². The van der Waals surface area contributed by atoms with E-state index in [2.05, 4.69) is 0 Å². The number of allylic oxidation sites excluding steroid dienone is 1. The largest absolute Gasteiger partial charge is 0.455 e. The average molecular weight is 298 g/mol. The van der Waals surface area contributed by atoms with Crippen molar-refractivity contribution < 1.29 is 26.7 Å². The van der Waals surface area contributed by atoms with Crippen LogP contribution in [0.1, 0.15) is 32.6 Å². The third-order valence-corrected chi connectivity index (χ3v) is 4.31. The summed E-state index contributed by atoms with van der Waals surface area (Å²) >= 11 is 0. The maximum absolute atomic E-state index is 12.9. The second kappa shape index (κ2) is 5.62. The molecule has 2 aliphatic carbocycles. The Labute approximate surface area is 115 Å². The number of unbranched alkanes of at least 4 members (excludes halogenated alkanes) is 1. The van der Waals surface area contributed by atoms with E-state index in [0.29, 0.717) is 0 Å². The standard InChI is InChI=1S/C14H19F5O/c1-2-3-4-11-9-5-6-10(7-9)12(11)20-8-13(15,16)14(17,18)19/h5-6,9-12H,2-4,7-8H2,1H3. The third-order valence-electron chi connectivity index (χ3n) is 4.31. The van der Waals surface area contributed by atoms with Gasteiger partial charge in [-0.1, -0.05) is 31.9 Å². The van der Waals surface area contributed by atoms with Gasteiger partial charge in [0.25, 0.3) is 0 Å². The lowest BCUT2D eigenvalue weighted by molar-refractivity contribution is -0.301. The molecule has 0 aromatic heterocycles. The minimum absolute atomic E-state index is 0.00844. The highest BCUT2D eigenvalue weighted by Gasteiger charge is 2.58. The first-order valence-corrected chi connectivity index (χ1v) is 7.00. The van der Waals surface area contributed by atoms with Gasteiger partial charge in [0, 0.05) is 5.92 Å². The summed E-state index contributed by atoms with van der Waals surface area (Å²) in [5, 5.41) is 0. The molecule has 0 aromatic carbocycles. The fourth-order valence-electron chi connectivity index (χ4n) is 3.23. The zero-order valence-corrected chi connectivity index (χ0v) is 11.3. The summed E-state index contributed by atoms with van der Waals surface area (Å²) in [7, 11) is 0. The van der Waals surface area contributed by atoms with Gasteiger partial charge in [0.2, 0.25) is 0 Å². The lowest BCUT2D eigenvalue weighted by atomic mass is 9.86. The first-order chi connectivity index (χ1) is 9.26. The van der Waals surface area contributed by atoms with E-state index in [1.165, 1.54) is 0 Å². The van der Waals surface area contributed by atoms with Crippen molar-refractivity contribution in [3.63, 3.8) is 0 Å². The minimum atomic E-state index is -5.54. The highest BCUT2D eigenvalue weighted by atomic mass is 19.4. The zero-order chi connectivity index (χ0) is 15.0. The topological polar surface area (TPSA) is 9.23 Å². The number of hydrogen-bond donors (Lipinski definition) is 0. The highest BCUT2D eigenvalue weighted by Crippen LogP contribution is 2.48. The number of rotatable bonds is 6. The van der Waals surface area contributed by atoms with Crippen molar-refractivity contribution in [1.29, 1.82) is 0 Å². The monoisotopic (exact) mass is 298 g/mol. The summed E-state index contributed by atoms with van der Waals surface area (Å²) in [6, 6.07) is 0. The van der Waals surface area contributed by atoms with Gasteiger partial charge in [-0.15, -0.1) is 0 Å². The Bertz CT molecular complexity index is 363. The molecule has 0 N–H and O–H groups in total. The Hall–Kier alpha value is -0.650. The van der Waals surface area contributed by atoms with Crippen LogP contribution >= 0.6 is 0 Å². The molecule has 0 spiro atoms. The molecule has 2 bridgehead atoms. The van der Waals surface area contributed by atoms with Crippen molar-refractivity contribution in [2.75, 3.05) is 6.61 Å². The Morgan fingerprint density at radius 3 is 2.35 bits per heavy atom. The van der Waals surface area contributed by atoms with E-state index in [-0.39, 0.29) is 17.8 Å². The fourth-order valence-corrected chi connectivity index (χ4v) is 3.23. The number of ether oxygens (including phenoxy) is 1. The highest BCUT2D eigenvalue weighted by molar-refractivity contribution is 5.14. The van der Waals surface area contributed by atoms with E-state index in [0.717, 1.165) is 25.7 Å². The van der Waals surface area contributed by atoms with Crippen molar-refractivity contribution in [2.24, 2.45) is 17.8 Å². The van der Waals surface area contributed by atoms with Crippen LogP contribution in [0.15, 0.2) is 12.2 Å². The zero-order valence-electron chi connectivity index (χ0n) is 11.3. The van der Waals surface area contributed by atoms with Crippen molar-refractivity contribution in [2.45, 2.75) is 50.8 Å². The molecule has 4 unspecified atom stereocenters. The van der Waals surface area contributed by atoms with E-state index in [1.807, 2.05) is 19.1 Å². The van der Waals surface area contributed by atoms with E-state index in [1.54, 1.807) is 0 Å². The predicted molar refractivity (Wildman–Crippen MR) is 64.5 cm³/mol. The Kier molecular flexibility index (Phi) is 4.42. The Morgan fingerprint density at radius 1 is 1.10 bits per heavy atom. The number of fused-ring (bicyclic) bond motifs is 2. The van der Waals surface area contributed by atoms with Crippen LogP contribution in [-0.4, -0.2) is 24.8 Å². The molecule has 1 nitrogen and oxygen atoms in total. The van der Waals surface area contributed by atoms with Crippen LogP contribution < -0.4 is 0 Å². The summed E-state index contributed by atoms with van der Waals surface area (Å²) in [6.07, 6.45) is 1.46. The molecule has 1 fully saturated rings. The van der Waals surface area contributed by atoms with Crippen LogP contribution in [0.2, 0.25) is 0 Å². The molecular formula is C14H19F5O. The van der Waals surface area contributed by atoms with Crippen LogP contribution in [0.25, 0.3) is 0 Å². The molecule has 20 heavy (non-hydrogen) atoms. The first kappa shape index (κ1) is 15.7. The van der Waals surface area contributed by atoms with Crippen molar-refractivity contribution in [1.82, 2.24) is 0 Å². The summed E-state index contributed by atoms with van der Waals surface area (Å²) < 4.78 is 67.3. The van der Waals surface area contributed by atoms with E-state index in [4.69, 9.17) is 4.74 Å². The molecule has 0 saturated heterocycles. The number of alkyl halides is 5. The van der Waals surface area contributed by atoms with Gasteiger partial charge >= 0.3 is 12.1 Å². The number of halogens is 5. The quantitative estimate of drug-likeness (QED) is 0.515. The van der Waals surface area contributed by atoms with Crippen LogP contribution in [0.5, 0.6) is 0 Å². The summed E-state index contributed by atoms with van der Waals surface area (Å²) in [6.45, 7) is 0.456. The van der Waals surface area contributed by atoms with E-state index >= 15 is 0 Å². The SMILES string of the molecule is CCCCC1C2C=CC(C2)C1OCC(F)(F)C(F)(F)F.